The third-order valence-electron chi connectivity index (χ3n) is 2.65. The van der Waals surface area contributed by atoms with Crippen LogP contribution >= 0.6 is 0 Å². The summed E-state index contributed by atoms with van der Waals surface area (Å²) in [6.07, 6.45) is 1.35. The Morgan fingerprint density at radius 2 is 1.81 bits per heavy atom. The second-order valence-corrected chi connectivity index (χ2v) is 4.78. The summed E-state index contributed by atoms with van der Waals surface area (Å²) >= 11 is 0. The van der Waals surface area contributed by atoms with Crippen molar-refractivity contribution in [3.05, 3.63) is 53.9 Å². The average molecular weight is 291 g/mol. The van der Waals surface area contributed by atoms with E-state index >= 15 is 0 Å². The smallest absolute Gasteiger partial charge is 0.270 e. The highest BCUT2D eigenvalue weighted by Gasteiger charge is 2.11. The maximum absolute atomic E-state index is 13.5. The Balaban J connectivity index is 2.15. The Labute approximate surface area is 121 Å². The number of anilines is 2. The van der Waals surface area contributed by atoms with Crippen molar-refractivity contribution in [2.45, 2.75) is 19.9 Å². The summed E-state index contributed by atoms with van der Waals surface area (Å²) in [5, 5.41) is 5.31. The predicted octanol–water partition coefficient (Wildman–Crippen LogP) is 3.24. The van der Waals surface area contributed by atoms with E-state index in [1.165, 1.54) is 24.4 Å². The molecule has 0 atom stereocenters. The lowest BCUT2D eigenvalue weighted by atomic mass is 10.2. The number of para-hydroxylation sites is 1. The van der Waals surface area contributed by atoms with E-state index < -0.39 is 11.6 Å². The number of nitrogens with zero attached hydrogens (tertiary/aromatic N) is 1. The van der Waals surface area contributed by atoms with Gasteiger partial charge < -0.3 is 10.6 Å². The van der Waals surface area contributed by atoms with Crippen LogP contribution in [-0.2, 0) is 0 Å². The summed E-state index contributed by atoms with van der Waals surface area (Å²) in [4.78, 5) is 15.7. The summed E-state index contributed by atoms with van der Waals surface area (Å²) in [5.74, 6) is -1.69. The maximum atomic E-state index is 13.5. The molecule has 4 nitrogen and oxygen atoms in total. The van der Waals surface area contributed by atoms with Crippen LogP contribution in [0.4, 0.5) is 20.2 Å². The molecule has 1 aromatic heterocycles. The van der Waals surface area contributed by atoms with Gasteiger partial charge in [0.1, 0.15) is 23.0 Å². The molecule has 2 N–H and O–H groups in total. The number of nitrogens with one attached hydrogen (secondary N) is 2. The van der Waals surface area contributed by atoms with E-state index in [0.717, 1.165) is 12.1 Å². The fraction of sp³-hybridized carbons (Fsp3) is 0.200. The second kappa shape index (κ2) is 6.30. The molecule has 0 unspecified atom stereocenters. The number of carbonyl (C=O) groups excluding carboxylic acids is 1. The van der Waals surface area contributed by atoms with Gasteiger partial charge in [0.05, 0.1) is 11.9 Å². The molecular weight excluding hydrogens is 276 g/mol. The van der Waals surface area contributed by atoms with Gasteiger partial charge in [0.15, 0.2) is 0 Å². The van der Waals surface area contributed by atoms with Crippen molar-refractivity contribution in [3.63, 3.8) is 0 Å². The van der Waals surface area contributed by atoms with Gasteiger partial charge in [-0.2, -0.15) is 0 Å². The quantitative estimate of drug-likeness (QED) is 0.909. The highest BCUT2D eigenvalue weighted by molar-refractivity contribution is 5.92. The lowest BCUT2D eigenvalue weighted by Gasteiger charge is -2.10. The van der Waals surface area contributed by atoms with Crippen LogP contribution in [0.2, 0.25) is 0 Å². The van der Waals surface area contributed by atoms with Crippen LogP contribution in [0.25, 0.3) is 0 Å². The number of pyridine rings is 1. The number of aromatic nitrogens is 1. The van der Waals surface area contributed by atoms with Gasteiger partial charge in [-0.05, 0) is 38.1 Å². The van der Waals surface area contributed by atoms with Gasteiger partial charge in [-0.1, -0.05) is 6.07 Å². The fourth-order valence-electron chi connectivity index (χ4n) is 1.70. The van der Waals surface area contributed by atoms with Crippen molar-refractivity contribution in [3.8, 4) is 0 Å². The topological polar surface area (TPSA) is 54.0 Å². The molecule has 0 radical (unpaired) electrons. The van der Waals surface area contributed by atoms with Gasteiger partial charge >= 0.3 is 0 Å². The number of amides is 1. The Kier molecular flexibility index (Phi) is 4.47. The van der Waals surface area contributed by atoms with E-state index in [-0.39, 0.29) is 23.3 Å². The van der Waals surface area contributed by atoms with Crippen molar-refractivity contribution < 1.29 is 13.6 Å². The molecule has 1 amide bonds. The van der Waals surface area contributed by atoms with Gasteiger partial charge in [0.25, 0.3) is 5.91 Å². The Morgan fingerprint density at radius 1 is 1.14 bits per heavy atom. The summed E-state index contributed by atoms with van der Waals surface area (Å²) in [6.45, 7) is 3.68. The van der Waals surface area contributed by atoms with E-state index in [9.17, 15) is 13.6 Å². The Morgan fingerprint density at radius 3 is 2.33 bits per heavy atom. The minimum atomic E-state index is -0.698. The molecule has 6 heteroatoms. The molecule has 21 heavy (non-hydrogen) atoms. The molecular formula is C15H15F2N3O. The van der Waals surface area contributed by atoms with Crippen LogP contribution in [-0.4, -0.2) is 16.9 Å². The van der Waals surface area contributed by atoms with Gasteiger partial charge in [0, 0.05) is 6.04 Å². The number of benzene rings is 1. The zero-order chi connectivity index (χ0) is 15.4. The van der Waals surface area contributed by atoms with Crippen molar-refractivity contribution in [1.29, 1.82) is 0 Å². The number of halogens is 2. The van der Waals surface area contributed by atoms with Crippen molar-refractivity contribution in [1.82, 2.24) is 10.3 Å². The van der Waals surface area contributed by atoms with E-state index in [1.807, 2.05) is 13.8 Å². The highest BCUT2D eigenvalue weighted by Crippen LogP contribution is 2.22. The van der Waals surface area contributed by atoms with Crippen LogP contribution in [0.3, 0.4) is 0 Å². The largest absolute Gasteiger partial charge is 0.349 e. The fourth-order valence-corrected chi connectivity index (χ4v) is 1.70. The zero-order valence-electron chi connectivity index (χ0n) is 11.7. The van der Waals surface area contributed by atoms with Crippen LogP contribution in [0.15, 0.2) is 36.5 Å². The van der Waals surface area contributed by atoms with E-state index in [1.54, 1.807) is 0 Å². The SMILES string of the molecule is CC(C)NC(=O)c1ccc(Nc2c(F)cccc2F)cn1. The molecule has 110 valence electrons. The summed E-state index contributed by atoms with van der Waals surface area (Å²) < 4.78 is 27.0. The minimum Gasteiger partial charge on any atom is -0.349 e. The molecule has 0 bridgehead atoms. The predicted molar refractivity (Wildman–Crippen MR) is 76.5 cm³/mol. The minimum absolute atomic E-state index is 0.00427. The van der Waals surface area contributed by atoms with Gasteiger partial charge in [-0.3, -0.25) is 4.79 Å². The molecule has 0 aliphatic heterocycles. The Hall–Kier alpha value is -2.50. The van der Waals surface area contributed by atoms with Gasteiger partial charge in [-0.25, -0.2) is 13.8 Å². The monoisotopic (exact) mass is 291 g/mol. The number of hydrogen-bond acceptors (Lipinski definition) is 3. The number of hydrogen-bond donors (Lipinski definition) is 2. The molecule has 2 aromatic rings. The number of carbonyl (C=O) groups is 1. The normalized spacial score (nSPS) is 10.5. The standard InChI is InChI=1S/C15H15F2N3O/c1-9(2)19-15(21)13-7-6-10(8-18-13)20-14-11(16)4-3-5-12(14)17/h3-9,20H,1-2H3,(H,19,21). The van der Waals surface area contributed by atoms with E-state index in [2.05, 4.69) is 15.6 Å². The Bertz CT molecular complexity index is 622. The molecule has 1 aromatic carbocycles. The van der Waals surface area contributed by atoms with Crippen LogP contribution in [0.5, 0.6) is 0 Å². The lowest BCUT2D eigenvalue weighted by Crippen LogP contribution is -2.30. The first kappa shape index (κ1) is 14.9. The molecule has 0 spiro atoms. The van der Waals surface area contributed by atoms with Crippen LogP contribution < -0.4 is 10.6 Å². The van der Waals surface area contributed by atoms with Gasteiger partial charge in [-0.15, -0.1) is 0 Å². The van der Waals surface area contributed by atoms with E-state index in [4.69, 9.17) is 0 Å². The second-order valence-electron chi connectivity index (χ2n) is 4.78. The van der Waals surface area contributed by atoms with Crippen molar-refractivity contribution >= 4 is 17.3 Å². The van der Waals surface area contributed by atoms with Crippen molar-refractivity contribution in [2.24, 2.45) is 0 Å². The van der Waals surface area contributed by atoms with E-state index in [0.29, 0.717) is 5.69 Å². The first-order chi connectivity index (χ1) is 9.97. The van der Waals surface area contributed by atoms with Crippen molar-refractivity contribution in [2.75, 3.05) is 5.32 Å². The first-order valence-corrected chi connectivity index (χ1v) is 6.45. The first-order valence-electron chi connectivity index (χ1n) is 6.45. The molecule has 0 saturated carbocycles. The lowest BCUT2D eigenvalue weighted by molar-refractivity contribution is 0.0938. The summed E-state index contributed by atoms with van der Waals surface area (Å²) in [5.41, 5.74) is 0.377. The molecule has 1 heterocycles. The molecule has 2 rings (SSSR count). The zero-order valence-corrected chi connectivity index (χ0v) is 11.7. The highest BCUT2D eigenvalue weighted by atomic mass is 19.1. The third-order valence-corrected chi connectivity index (χ3v) is 2.65. The molecule has 0 aliphatic rings. The molecule has 0 fully saturated rings. The van der Waals surface area contributed by atoms with Crippen LogP contribution in [0.1, 0.15) is 24.3 Å². The average Bonchev–Trinajstić information content (AvgIpc) is 2.43. The molecule has 0 aliphatic carbocycles. The number of rotatable bonds is 4. The van der Waals surface area contributed by atoms with Gasteiger partial charge in [0.2, 0.25) is 0 Å². The maximum Gasteiger partial charge on any atom is 0.270 e. The summed E-state index contributed by atoms with van der Waals surface area (Å²) in [7, 11) is 0. The van der Waals surface area contributed by atoms with Crippen LogP contribution in [0, 0.1) is 11.6 Å². The molecule has 0 saturated heterocycles. The third kappa shape index (κ3) is 3.75. The summed E-state index contributed by atoms with van der Waals surface area (Å²) in [6, 6.07) is 6.62.